The lowest BCUT2D eigenvalue weighted by Gasteiger charge is -2.00. The normalized spacial score (nSPS) is 10.9. The van der Waals surface area contributed by atoms with E-state index in [1.54, 1.807) is 29.0 Å². The Labute approximate surface area is 108 Å². The molecule has 0 unspecified atom stereocenters. The summed E-state index contributed by atoms with van der Waals surface area (Å²) in [5, 5.41) is 12.8. The number of nitrogens with zero attached hydrogens (tertiary/aromatic N) is 5. The molecular weight excluding hydrogens is 250 g/mol. The van der Waals surface area contributed by atoms with E-state index in [0.29, 0.717) is 10.8 Å². The summed E-state index contributed by atoms with van der Waals surface area (Å²) in [6, 6.07) is 7.49. The van der Waals surface area contributed by atoms with Gasteiger partial charge in [-0.05, 0) is 36.2 Å². The number of rotatable bonds is 3. The number of aryl methyl sites for hydroxylation is 2. The topological polar surface area (TPSA) is 56.0 Å². The molecule has 3 rings (SSSR count). The van der Waals surface area contributed by atoms with Gasteiger partial charge in [0.2, 0.25) is 0 Å². The highest BCUT2D eigenvalue weighted by Crippen LogP contribution is 2.09. The number of pyridine rings is 1. The zero-order valence-electron chi connectivity index (χ0n) is 9.49. The molecule has 3 heterocycles. The van der Waals surface area contributed by atoms with Crippen molar-refractivity contribution >= 4 is 17.2 Å². The zero-order chi connectivity index (χ0) is 12.4. The summed E-state index contributed by atoms with van der Waals surface area (Å²) in [4.78, 5) is 3.99. The second-order valence-electron chi connectivity index (χ2n) is 3.90. The van der Waals surface area contributed by atoms with Gasteiger partial charge in [-0.1, -0.05) is 11.6 Å². The van der Waals surface area contributed by atoms with Crippen molar-refractivity contribution in [2.45, 2.75) is 12.8 Å². The number of hydrogen-bond acceptors (Lipinski definition) is 4. The van der Waals surface area contributed by atoms with Crippen LogP contribution in [0.2, 0.25) is 5.15 Å². The quantitative estimate of drug-likeness (QED) is 0.722. The van der Waals surface area contributed by atoms with E-state index in [1.807, 2.05) is 12.1 Å². The van der Waals surface area contributed by atoms with Gasteiger partial charge >= 0.3 is 0 Å². The molecule has 18 heavy (non-hydrogen) atoms. The lowest BCUT2D eigenvalue weighted by Crippen LogP contribution is -2.01. The molecule has 0 aliphatic heterocycles. The molecule has 0 N–H and O–H groups in total. The summed E-state index contributed by atoms with van der Waals surface area (Å²) in [5.41, 5.74) is 1.92. The van der Waals surface area contributed by atoms with E-state index in [9.17, 15) is 0 Å². The molecule has 0 bridgehead atoms. The third-order valence-electron chi connectivity index (χ3n) is 2.68. The smallest absolute Gasteiger partial charge is 0.178 e. The van der Waals surface area contributed by atoms with Crippen LogP contribution in [0.5, 0.6) is 0 Å². The van der Waals surface area contributed by atoms with Gasteiger partial charge in [-0.25, -0.2) is 0 Å². The van der Waals surface area contributed by atoms with Gasteiger partial charge in [0.05, 0.1) is 0 Å². The zero-order valence-corrected chi connectivity index (χ0v) is 10.2. The van der Waals surface area contributed by atoms with E-state index >= 15 is 0 Å². The van der Waals surface area contributed by atoms with Crippen molar-refractivity contribution in [2.24, 2.45) is 0 Å². The molecular formula is C12H10ClN5. The van der Waals surface area contributed by atoms with Crippen molar-refractivity contribution in [3.05, 3.63) is 53.2 Å². The van der Waals surface area contributed by atoms with Gasteiger partial charge in [0, 0.05) is 18.8 Å². The van der Waals surface area contributed by atoms with Crippen molar-refractivity contribution < 1.29 is 0 Å². The highest BCUT2D eigenvalue weighted by Gasteiger charge is 2.07. The average molecular weight is 260 g/mol. The standard InChI is InChI=1S/C12H10ClN5/c13-10-2-4-12-16-15-11(18(12)17-10)3-1-9-5-7-14-8-6-9/h2,4-8H,1,3H2. The Kier molecular flexibility index (Phi) is 2.90. The third-order valence-corrected chi connectivity index (χ3v) is 2.88. The first kappa shape index (κ1) is 11.1. The number of fused-ring (bicyclic) bond motifs is 1. The van der Waals surface area contributed by atoms with E-state index in [-0.39, 0.29) is 0 Å². The Bertz CT molecular complexity index is 665. The second kappa shape index (κ2) is 4.70. The van der Waals surface area contributed by atoms with Crippen molar-refractivity contribution in [2.75, 3.05) is 0 Å². The molecule has 5 nitrogen and oxygen atoms in total. The Hall–Kier alpha value is -2.01. The predicted octanol–water partition coefficient (Wildman–Crippen LogP) is 1.96. The molecule has 90 valence electrons. The Morgan fingerprint density at radius 2 is 1.83 bits per heavy atom. The van der Waals surface area contributed by atoms with Crippen LogP contribution in [0.4, 0.5) is 0 Å². The fraction of sp³-hybridized carbons (Fsp3) is 0.167. The average Bonchev–Trinajstić information content (AvgIpc) is 2.80. The molecule has 3 aromatic rings. The molecule has 0 saturated carbocycles. The maximum Gasteiger partial charge on any atom is 0.178 e. The lowest BCUT2D eigenvalue weighted by atomic mass is 10.1. The Balaban J connectivity index is 1.85. The minimum absolute atomic E-state index is 0.437. The van der Waals surface area contributed by atoms with E-state index < -0.39 is 0 Å². The molecule has 6 heteroatoms. The van der Waals surface area contributed by atoms with Gasteiger partial charge in [-0.15, -0.1) is 10.2 Å². The van der Waals surface area contributed by atoms with E-state index in [4.69, 9.17) is 11.6 Å². The molecule has 0 aliphatic carbocycles. The summed E-state index contributed by atoms with van der Waals surface area (Å²) < 4.78 is 1.68. The second-order valence-corrected chi connectivity index (χ2v) is 4.28. The van der Waals surface area contributed by atoms with Crippen LogP contribution < -0.4 is 0 Å². The fourth-order valence-corrected chi connectivity index (χ4v) is 1.91. The third kappa shape index (κ3) is 2.17. The number of hydrogen-bond donors (Lipinski definition) is 0. The van der Waals surface area contributed by atoms with Gasteiger partial charge in [0.15, 0.2) is 11.5 Å². The molecule has 0 fully saturated rings. The van der Waals surface area contributed by atoms with Crippen LogP contribution in [0.3, 0.4) is 0 Å². The maximum absolute atomic E-state index is 5.87. The Morgan fingerprint density at radius 3 is 2.67 bits per heavy atom. The largest absolute Gasteiger partial charge is 0.265 e. The van der Waals surface area contributed by atoms with Crippen molar-refractivity contribution in [1.29, 1.82) is 0 Å². The summed E-state index contributed by atoms with van der Waals surface area (Å²) in [6.45, 7) is 0. The van der Waals surface area contributed by atoms with Gasteiger partial charge in [0.1, 0.15) is 5.15 Å². The van der Waals surface area contributed by atoms with Crippen LogP contribution in [-0.2, 0) is 12.8 Å². The molecule has 0 aromatic carbocycles. The minimum Gasteiger partial charge on any atom is -0.265 e. The summed E-state index contributed by atoms with van der Waals surface area (Å²) in [7, 11) is 0. The maximum atomic E-state index is 5.87. The van der Waals surface area contributed by atoms with Gasteiger partial charge in [-0.3, -0.25) is 4.98 Å². The first-order valence-electron chi connectivity index (χ1n) is 5.59. The van der Waals surface area contributed by atoms with Gasteiger partial charge in [0.25, 0.3) is 0 Å². The number of halogens is 1. The van der Waals surface area contributed by atoms with Crippen molar-refractivity contribution in [1.82, 2.24) is 24.8 Å². The highest BCUT2D eigenvalue weighted by molar-refractivity contribution is 6.29. The molecule has 0 saturated heterocycles. The Morgan fingerprint density at radius 1 is 1.00 bits per heavy atom. The first-order valence-corrected chi connectivity index (χ1v) is 5.96. The monoisotopic (exact) mass is 259 g/mol. The van der Waals surface area contributed by atoms with E-state index in [0.717, 1.165) is 18.7 Å². The first-order chi connectivity index (χ1) is 8.83. The van der Waals surface area contributed by atoms with Crippen LogP contribution in [0.25, 0.3) is 5.65 Å². The molecule has 0 aliphatic rings. The fourth-order valence-electron chi connectivity index (χ4n) is 1.77. The highest BCUT2D eigenvalue weighted by atomic mass is 35.5. The van der Waals surface area contributed by atoms with Crippen LogP contribution in [-0.4, -0.2) is 24.8 Å². The molecule has 3 aromatic heterocycles. The van der Waals surface area contributed by atoms with Crippen LogP contribution >= 0.6 is 11.6 Å². The lowest BCUT2D eigenvalue weighted by molar-refractivity contribution is 0.783. The van der Waals surface area contributed by atoms with Crippen molar-refractivity contribution in [3.63, 3.8) is 0 Å². The summed E-state index contributed by atoms with van der Waals surface area (Å²) in [6.07, 6.45) is 5.20. The minimum atomic E-state index is 0.437. The summed E-state index contributed by atoms with van der Waals surface area (Å²) in [5.74, 6) is 0.810. The van der Waals surface area contributed by atoms with Crippen LogP contribution in [0, 0.1) is 0 Å². The van der Waals surface area contributed by atoms with E-state index in [2.05, 4.69) is 20.3 Å². The van der Waals surface area contributed by atoms with Crippen LogP contribution in [0.15, 0.2) is 36.7 Å². The molecule has 0 radical (unpaired) electrons. The van der Waals surface area contributed by atoms with Crippen molar-refractivity contribution in [3.8, 4) is 0 Å². The van der Waals surface area contributed by atoms with Crippen LogP contribution in [0.1, 0.15) is 11.4 Å². The van der Waals surface area contributed by atoms with Gasteiger partial charge < -0.3 is 0 Å². The molecule has 0 atom stereocenters. The molecule has 0 amide bonds. The number of aromatic nitrogens is 5. The summed E-state index contributed by atoms with van der Waals surface area (Å²) >= 11 is 5.87. The SMILES string of the molecule is Clc1ccc2nnc(CCc3ccncc3)n2n1. The molecule has 0 spiro atoms. The van der Waals surface area contributed by atoms with Gasteiger partial charge in [-0.2, -0.15) is 9.61 Å². The van der Waals surface area contributed by atoms with E-state index in [1.165, 1.54) is 5.56 Å². The predicted molar refractivity (Wildman–Crippen MR) is 67.4 cm³/mol.